The minimum Gasteiger partial charge on any atom is -0.385 e. The van der Waals surface area contributed by atoms with Crippen LogP contribution in [0.1, 0.15) is 28.3 Å². The van der Waals surface area contributed by atoms with Gasteiger partial charge in [-0.1, -0.05) is 12.1 Å². The SMILES string of the molecule is COCCCNC(=O)[C@@H]1CN(C(=O)c2ccc(F)cc2)C[C@H]1c1cccc(F)c1. The Morgan fingerprint density at radius 1 is 1.10 bits per heavy atom. The largest absolute Gasteiger partial charge is 0.385 e. The maximum atomic E-state index is 13.8. The summed E-state index contributed by atoms with van der Waals surface area (Å²) in [4.78, 5) is 27.2. The van der Waals surface area contributed by atoms with Crippen LogP contribution in [-0.2, 0) is 9.53 Å². The van der Waals surface area contributed by atoms with Gasteiger partial charge in [0.05, 0.1) is 5.92 Å². The molecule has 2 amide bonds. The molecule has 1 N–H and O–H groups in total. The van der Waals surface area contributed by atoms with Crippen LogP contribution in [-0.4, -0.2) is 50.1 Å². The predicted molar refractivity (Wildman–Crippen MR) is 104 cm³/mol. The molecule has 1 saturated heterocycles. The third-order valence-electron chi connectivity index (χ3n) is 5.14. The molecule has 0 radical (unpaired) electrons. The van der Waals surface area contributed by atoms with Crippen molar-refractivity contribution >= 4 is 11.8 Å². The first-order valence-corrected chi connectivity index (χ1v) is 9.56. The molecule has 0 bridgehead atoms. The molecule has 3 rings (SSSR count). The van der Waals surface area contributed by atoms with Crippen LogP contribution in [0.25, 0.3) is 0 Å². The number of halogens is 2. The molecule has 0 aliphatic carbocycles. The lowest BCUT2D eigenvalue weighted by Crippen LogP contribution is -2.36. The van der Waals surface area contributed by atoms with Gasteiger partial charge in [0.25, 0.3) is 5.91 Å². The van der Waals surface area contributed by atoms with Crippen molar-refractivity contribution in [3.05, 3.63) is 71.3 Å². The second kappa shape index (κ2) is 9.60. The average Bonchev–Trinajstić information content (AvgIpc) is 3.17. The lowest BCUT2D eigenvalue weighted by Gasteiger charge is -2.18. The zero-order valence-electron chi connectivity index (χ0n) is 16.2. The fraction of sp³-hybridized carbons (Fsp3) is 0.364. The molecule has 29 heavy (non-hydrogen) atoms. The van der Waals surface area contributed by atoms with Gasteiger partial charge in [0.1, 0.15) is 11.6 Å². The maximum absolute atomic E-state index is 13.8. The zero-order valence-corrected chi connectivity index (χ0v) is 16.2. The Balaban J connectivity index is 1.78. The van der Waals surface area contributed by atoms with Gasteiger partial charge in [-0.05, 0) is 48.4 Å². The third kappa shape index (κ3) is 5.17. The van der Waals surface area contributed by atoms with Crippen molar-refractivity contribution in [3.63, 3.8) is 0 Å². The summed E-state index contributed by atoms with van der Waals surface area (Å²) in [5.41, 5.74) is 1.03. The van der Waals surface area contributed by atoms with E-state index >= 15 is 0 Å². The minimum atomic E-state index is -0.497. The van der Waals surface area contributed by atoms with Gasteiger partial charge < -0.3 is 15.0 Å². The number of ether oxygens (including phenoxy) is 1. The van der Waals surface area contributed by atoms with E-state index in [2.05, 4.69) is 5.32 Å². The number of benzene rings is 2. The number of rotatable bonds is 7. The summed E-state index contributed by atoms with van der Waals surface area (Å²) < 4.78 is 31.9. The van der Waals surface area contributed by atoms with Crippen molar-refractivity contribution in [1.82, 2.24) is 10.2 Å². The first-order valence-electron chi connectivity index (χ1n) is 9.56. The molecule has 2 atom stereocenters. The van der Waals surface area contributed by atoms with Gasteiger partial charge >= 0.3 is 0 Å². The standard InChI is InChI=1S/C22H24F2N2O3/c1-29-11-3-10-25-21(27)20-14-26(22(28)15-6-8-17(23)9-7-15)13-19(20)16-4-2-5-18(24)12-16/h2,4-9,12,19-20H,3,10-11,13-14H2,1H3,(H,25,27)/t19-,20+/m0/s1. The Morgan fingerprint density at radius 2 is 1.86 bits per heavy atom. The van der Waals surface area contributed by atoms with E-state index in [1.165, 1.54) is 36.4 Å². The molecule has 0 unspecified atom stereocenters. The number of carbonyl (C=O) groups is 2. The van der Waals surface area contributed by atoms with Crippen molar-refractivity contribution in [2.75, 3.05) is 33.4 Å². The molecular formula is C22H24F2N2O3. The third-order valence-corrected chi connectivity index (χ3v) is 5.14. The van der Waals surface area contributed by atoms with E-state index in [-0.39, 0.29) is 36.6 Å². The monoisotopic (exact) mass is 402 g/mol. The first kappa shape index (κ1) is 20.9. The summed E-state index contributed by atoms with van der Waals surface area (Å²) in [6, 6.07) is 11.4. The van der Waals surface area contributed by atoms with E-state index in [4.69, 9.17) is 4.74 Å². The van der Waals surface area contributed by atoms with Crippen molar-refractivity contribution < 1.29 is 23.1 Å². The molecule has 154 valence electrons. The minimum absolute atomic E-state index is 0.176. The Kier molecular flexibility index (Phi) is 6.93. The van der Waals surface area contributed by atoms with Crippen LogP contribution in [0.2, 0.25) is 0 Å². The fourth-order valence-electron chi connectivity index (χ4n) is 3.64. The van der Waals surface area contributed by atoms with Gasteiger partial charge in [-0.2, -0.15) is 0 Å². The van der Waals surface area contributed by atoms with E-state index in [1.54, 1.807) is 24.1 Å². The van der Waals surface area contributed by atoms with E-state index < -0.39 is 11.7 Å². The van der Waals surface area contributed by atoms with Gasteiger partial charge in [-0.25, -0.2) is 8.78 Å². The molecule has 1 aliphatic rings. The van der Waals surface area contributed by atoms with Crippen LogP contribution >= 0.6 is 0 Å². The highest BCUT2D eigenvalue weighted by atomic mass is 19.1. The second-order valence-corrected chi connectivity index (χ2v) is 7.12. The zero-order chi connectivity index (χ0) is 20.8. The van der Waals surface area contributed by atoms with E-state index in [0.29, 0.717) is 30.7 Å². The molecule has 2 aromatic rings. The van der Waals surface area contributed by atoms with Crippen molar-refractivity contribution in [2.45, 2.75) is 12.3 Å². The lowest BCUT2D eigenvalue weighted by molar-refractivity contribution is -0.124. The summed E-state index contributed by atoms with van der Waals surface area (Å²) in [5, 5.41) is 2.88. The number of likely N-dealkylation sites (tertiary alicyclic amines) is 1. The molecule has 5 nitrogen and oxygen atoms in total. The van der Waals surface area contributed by atoms with Crippen LogP contribution in [0.3, 0.4) is 0 Å². The Bertz CT molecular complexity index is 857. The molecule has 2 aromatic carbocycles. The molecule has 0 aromatic heterocycles. The van der Waals surface area contributed by atoms with Crippen molar-refractivity contribution in [3.8, 4) is 0 Å². The molecule has 1 aliphatic heterocycles. The van der Waals surface area contributed by atoms with E-state index in [0.717, 1.165) is 0 Å². The summed E-state index contributed by atoms with van der Waals surface area (Å²) in [6.07, 6.45) is 0.678. The van der Waals surface area contributed by atoms with Crippen molar-refractivity contribution in [1.29, 1.82) is 0 Å². The van der Waals surface area contributed by atoms with Crippen LogP contribution in [0, 0.1) is 17.6 Å². The molecule has 1 fully saturated rings. The van der Waals surface area contributed by atoms with Gasteiger partial charge in [0.15, 0.2) is 0 Å². The second-order valence-electron chi connectivity index (χ2n) is 7.12. The quantitative estimate of drug-likeness (QED) is 0.725. The number of carbonyl (C=O) groups excluding carboxylic acids is 2. The fourth-order valence-corrected chi connectivity index (χ4v) is 3.64. The van der Waals surface area contributed by atoms with Gasteiger partial charge in [-0.15, -0.1) is 0 Å². The number of amides is 2. The molecule has 7 heteroatoms. The van der Waals surface area contributed by atoms with Crippen LogP contribution in [0.5, 0.6) is 0 Å². The molecule has 0 spiro atoms. The summed E-state index contributed by atoms with van der Waals surface area (Å²) >= 11 is 0. The van der Waals surface area contributed by atoms with Gasteiger partial charge in [-0.3, -0.25) is 9.59 Å². The number of nitrogens with zero attached hydrogens (tertiary/aromatic N) is 1. The summed E-state index contributed by atoms with van der Waals surface area (Å²) in [5.74, 6) is -2.08. The average molecular weight is 402 g/mol. The van der Waals surface area contributed by atoms with Crippen LogP contribution < -0.4 is 5.32 Å². The van der Waals surface area contributed by atoms with E-state index in [1.807, 2.05) is 0 Å². The number of nitrogens with one attached hydrogen (secondary N) is 1. The first-order chi connectivity index (χ1) is 14.0. The summed E-state index contributed by atoms with van der Waals surface area (Å²) in [7, 11) is 1.59. The summed E-state index contributed by atoms with van der Waals surface area (Å²) in [6.45, 7) is 1.50. The molecule has 0 saturated carbocycles. The number of methoxy groups -OCH3 is 1. The van der Waals surface area contributed by atoms with E-state index in [9.17, 15) is 18.4 Å². The molecule has 1 heterocycles. The number of hydrogen-bond donors (Lipinski definition) is 1. The predicted octanol–water partition coefficient (Wildman–Crippen LogP) is 2.97. The Labute approximate surface area is 168 Å². The highest BCUT2D eigenvalue weighted by Crippen LogP contribution is 2.34. The highest BCUT2D eigenvalue weighted by molar-refractivity contribution is 5.95. The topological polar surface area (TPSA) is 58.6 Å². The molecular weight excluding hydrogens is 378 g/mol. The maximum Gasteiger partial charge on any atom is 0.253 e. The van der Waals surface area contributed by atoms with Gasteiger partial charge in [0, 0.05) is 44.8 Å². The van der Waals surface area contributed by atoms with Gasteiger partial charge in [0.2, 0.25) is 5.91 Å². The Morgan fingerprint density at radius 3 is 2.55 bits per heavy atom. The number of hydrogen-bond acceptors (Lipinski definition) is 3. The van der Waals surface area contributed by atoms with Crippen LogP contribution in [0.15, 0.2) is 48.5 Å². The van der Waals surface area contributed by atoms with Crippen LogP contribution in [0.4, 0.5) is 8.78 Å². The smallest absolute Gasteiger partial charge is 0.253 e. The Hall–Kier alpha value is -2.80. The van der Waals surface area contributed by atoms with Crippen molar-refractivity contribution in [2.24, 2.45) is 5.92 Å². The normalized spacial score (nSPS) is 18.7. The lowest BCUT2D eigenvalue weighted by atomic mass is 9.88. The highest BCUT2D eigenvalue weighted by Gasteiger charge is 2.40.